The predicted octanol–water partition coefficient (Wildman–Crippen LogP) is 3.25. The number of nitrogens with zero attached hydrogens (tertiary/aromatic N) is 5. The summed E-state index contributed by atoms with van der Waals surface area (Å²) in [4.78, 5) is 30.3. The Balaban J connectivity index is 1.50. The van der Waals surface area contributed by atoms with Crippen molar-refractivity contribution in [1.82, 2.24) is 29.7 Å². The Morgan fingerprint density at radius 3 is 2.85 bits per heavy atom. The molecule has 0 aliphatic rings. The summed E-state index contributed by atoms with van der Waals surface area (Å²) in [7, 11) is 0. The number of pyridine rings is 1. The average molecular weight is 429 g/mol. The molecule has 0 spiro atoms. The van der Waals surface area contributed by atoms with Crippen LogP contribution >= 0.6 is 27.3 Å². The Hall–Kier alpha value is -2.65. The standard InChI is InChI=1S/C17H13BrN6OS/c1-10-14(26-17(22-10)15-19-5-2-6-20-15)16(25)21-7-12-9-24-8-11(18)3-4-13(24)23-12/h2-6,8-9H,7H2,1H3,(H,21,25). The zero-order valence-electron chi connectivity index (χ0n) is 13.7. The van der Waals surface area contributed by atoms with Gasteiger partial charge in [-0.15, -0.1) is 11.3 Å². The highest BCUT2D eigenvalue weighted by molar-refractivity contribution is 9.10. The number of thiazole rings is 1. The lowest BCUT2D eigenvalue weighted by Crippen LogP contribution is -2.22. The molecule has 0 radical (unpaired) electrons. The van der Waals surface area contributed by atoms with Crippen molar-refractivity contribution in [3.8, 4) is 10.8 Å². The molecule has 0 aliphatic heterocycles. The summed E-state index contributed by atoms with van der Waals surface area (Å²) in [6.45, 7) is 2.15. The molecule has 9 heteroatoms. The van der Waals surface area contributed by atoms with Gasteiger partial charge in [-0.1, -0.05) is 0 Å². The van der Waals surface area contributed by atoms with Crippen molar-refractivity contribution in [1.29, 1.82) is 0 Å². The molecule has 4 rings (SSSR count). The number of carbonyl (C=O) groups excluding carboxylic acids is 1. The summed E-state index contributed by atoms with van der Waals surface area (Å²) in [6.07, 6.45) is 7.12. The van der Waals surface area contributed by atoms with E-state index in [2.05, 4.69) is 41.2 Å². The van der Waals surface area contributed by atoms with Crippen LogP contribution in [0.15, 0.2) is 47.5 Å². The van der Waals surface area contributed by atoms with Gasteiger partial charge in [0.1, 0.15) is 10.5 Å². The second kappa shape index (κ2) is 6.93. The number of amides is 1. The largest absolute Gasteiger partial charge is 0.346 e. The maximum Gasteiger partial charge on any atom is 0.263 e. The summed E-state index contributed by atoms with van der Waals surface area (Å²) in [5, 5.41) is 3.53. The Morgan fingerprint density at radius 2 is 2.04 bits per heavy atom. The molecular weight excluding hydrogens is 416 g/mol. The van der Waals surface area contributed by atoms with E-state index in [4.69, 9.17) is 0 Å². The van der Waals surface area contributed by atoms with E-state index in [0.717, 1.165) is 15.8 Å². The minimum Gasteiger partial charge on any atom is -0.346 e. The molecule has 0 aliphatic carbocycles. The molecule has 4 heterocycles. The number of rotatable bonds is 4. The summed E-state index contributed by atoms with van der Waals surface area (Å²) in [5.74, 6) is 0.339. The molecule has 4 aromatic rings. The second-order valence-electron chi connectivity index (χ2n) is 5.53. The fourth-order valence-corrected chi connectivity index (χ4v) is 3.75. The lowest BCUT2D eigenvalue weighted by atomic mass is 10.3. The number of aryl methyl sites for hydroxylation is 1. The molecule has 4 aromatic heterocycles. The molecule has 1 N–H and O–H groups in total. The SMILES string of the molecule is Cc1nc(-c2ncccn2)sc1C(=O)NCc1cn2cc(Br)ccc2n1. The first-order valence-electron chi connectivity index (χ1n) is 7.76. The van der Waals surface area contributed by atoms with Gasteiger partial charge in [-0.05, 0) is 41.1 Å². The quantitative estimate of drug-likeness (QED) is 0.539. The fraction of sp³-hybridized carbons (Fsp3) is 0.118. The van der Waals surface area contributed by atoms with E-state index >= 15 is 0 Å². The summed E-state index contributed by atoms with van der Waals surface area (Å²) < 4.78 is 2.88. The maximum atomic E-state index is 12.5. The second-order valence-corrected chi connectivity index (χ2v) is 7.45. The lowest BCUT2D eigenvalue weighted by molar-refractivity contribution is 0.0953. The molecule has 0 saturated heterocycles. The van der Waals surface area contributed by atoms with Gasteiger partial charge in [-0.3, -0.25) is 4.79 Å². The van der Waals surface area contributed by atoms with Gasteiger partial charge in [0, 0.05) is 29.3 Å². The van der Waals surface area contributed by atoms with E-state index in [-0.39, 0.29) is 5.91 Å². The van der Waals surface area contributed by atoms with Gasteiger partial charge in [0.25, 0.3) is 5.91 Å². The third kappa shape index (κ3) is 3.35. The van der Waals surface area contributed by atoms with Crippen LogP contribution in [-0.2, 0) is 6.54 Å². The Bertz CT molecular complexity index is 1090. The van der Waals surface area contributed by atoms with Crippen LogP contribution in [0.5, 0.6) is 0 Å². The highest BCUT2D eigenvalue weighted by atomic mass is 79.9. The monoisotopic (exact) mass is 428 g/mol. The number of carbonyl (C=O) groups is 1. The number of halogens is 1. The van der Waals surface area contributed by atoms with Crippen LogP contribution in [0.4, 0.5) is 0 Å². The number of imidazole rings is 1. The molecule has 0 bridgehead atoms. The molecule has 0 aromatic carbocycles. The Labute approximate surface area is 161 Å². The number of hydrogen-bond acceptors (Lipinski definition) is 6. The molecule has 26 heavy (non-hydrogen) atoms. The first-order valence-corrected chi connectivity index (χ1v) is 9.37. The summed E-state index contributed by atoms with van der Waals surface area (Å²) >= 11 is 4.71. The van der Waals surface area contributed by atoms with Crippen LogP contribution in [0.2, 0.25) is 0 Å². The van der Waals surface area contributed by atoms with Gasteiger partial charge in [0.2, 0.25) is 0 Å². The van der Waals surface area contributed by atoms with Crippen LogP contribution in [0.3, 0.4) is 0 Å². The van der Waals surface area contributed by atoms with E-state index in [1.807, 2.05) is 28.9 Å². The Kier molecular flexibility index (Phi) is 4.48. The van der Waals surface area contributed by atoms with E-state index < -0.39 is 0 Å². The summed E-state index contributed by atoms with van der Waals surface area (Å²) in [5.41, 5.74) is 2.27. The van der Waals surface area contributed by atoms with Crippen molar-refractivity contribution in [2.45, 2.75) is 13.5 Å². The zero-order chi connectivity index (χ0) is 18.1. The summed E-state index contributed by atoms with van der Waals surface area (Å²) in [6, 6.07) is 5.58. The molecule has 0 saturated carbocycles. The van der Waals surface area contributed by atoms with Crippen molar-refractivity contribution in [3.05, 3.63) is 63.7 Å². The number of aromatic nitrogens is 5. The van der Waals surface area contributed by atoms with Crippen LogP contribution in [0, 0.1) is 6.92 Å². The highest BCUT2D eigenvalue weighted by Gasteiger charge is 2.17. The fourth-order valence-electron chi connectivity index (χ4n) is 2.47. The van der Waals surface area contributed by atoms with Gasteiger partial charge >= 0.3 is 0 Å². The molecule has 130 valence electrons. The Morgan fingerprint density at radius 1 is 1.23 bits per heavy atom. The van der Waals surface area contributed by atoms with Crippen molar-refractivity contribution in [2.24, 2.45) is 0 Å². The van der Waals surface area contributed by atoms with Crippen LogP contribution in [-0.4, -0.2) is 30.2 Å². The first-order chi connectivity index (χ1) is 12.6. The van der Waals surface area contributed by atoms with Gasteiger partial charge < -0.3 is 9.72 Å². The number of fused-ring (bicyclic) bond motifs is 1. The third-order valence-electron chi connectivity index (χ3n) is 3.65. The van der Waals surface area contributed by atoms with E-state index in [9.17, 15) is 4.79 Å². The smallest absolute Gasteiger partial charge is 0.263 e. The van der Waals surface area contributed by atoms with E-state index in [1.165, 1.54) is 11.3 Å². The number of nitrogens with one attached hydrogen (secondary N) is 1. The maximum absolute atomic E-state index is 12.5. The topological polar surface area (TPSA) is 85.1 Å². The normalized spacial score (nSPS) is 11.0. The van der Waals surface area contributed by atoms with Crippen molar-refractivity contribution >= 4 is 38.8 Å². The van der Waals surface area contributed by atoms with Crippen molar-refractivity contribution < 1.29 is 4.79 Å². The molecule has 0 atom stereocenters. The zero-order valence-corrected chi connectivity index (χ0v) is 16.1. The van der Waals surface area contributed by atoms with Gasteiger partial charge in [-0.25, -0.2) is 19.9 Å². The van der Waals surface area contributed by atoms with Crippen LogP contribution in [0.25, 0.3) is 16.5 Å². The highest BCUT2D eigenvalue weighted by Crippen LogP contribution is 2.25. The lowest BCUT2D eigenvalue weighted by Gasteiger charge is -2.01. The molecule has 0 fully saturated rings. The van der Waals surface area contributed by atoms with Gasteiger partial charge in [0.05, 0.1) is 17.9 Å². The van der Waals surface area contributed by atoms with E-state index in [1.54, 1.807) is 25.4 Å². The van der Waals surface area contributed by atoms with E-state index in [0.29, 0.717) is 27.9 Å². The minimum absolute atomic E-state index is 0.180. The first kappa shape index (κ1) is 16.8. The number of hydrogen-bond donors (Lipinski definition) is 1. The molecule has 7 nitrogen and oxygen atoms in total. The van der Waals surface area contributed by atoms with Crippen molar-refractivity contribution in [2.75, 3.05) is 0 Å². The minimum atomic E-state index is -0.180. The third-order valence-corrected chi connectivity index (χ3v) is 5.28. The molecule has 1 amide bonds. The predicted molar refractivity (Wildman–Crippen MR) is 102 cm³/mol. The van der Waals surface area contributed by atoms with Gasteiger partial charge in [0.15, 0.2) is 10.8 Å². The van der Waals surface area contributed by atoms with Crippen LogP contribution < -0.4 is 5.32 Å². The molecular formula is C17H13BrN6OS. The average Bonchev–Trinajstić information content (AvgIpc) is 3.23. The van der Waals surface area contributed by atoms with Crippen LogP contribution in [0.1, 0.15) is 21.1 Å². The van der Waals surface area contributed by atoms with Crippen molar-refractivity contribution in [3.63, 3.8) is 0 Å². The molecule has 0 unspecified atom stereocenters. The van der Waals surface area contributed by atoms with Gasteiger partial charge in [-0.2, -0.15) is 0 Å².